The molecule has 2 saturated heterocycles. The number of hydrogen-bond donors (Lipinski definition) is 7. The summed E-state index contributed by atoms with van der Waals surface area (Å²) < 4.78 is 33.3. The van der Waals surface area contributed by atoms with Crippen LogP contribution in [0.2, 0.25) is 0 Å². The number of unbranched alkanes of at least 4 members (excludes halogenated alkanes) is 17. The average molecular weight is 835 g/mol. The predicted octanol–water partition coefficient (Wildman–Crippen LogP) is 4.26. The minimum atomic E-state index is -1.76. The highest BCUT2D eigenvalue weighted by Gasteiger charge is 2.47. The van der Waals surface area contributed by atoms with Gasteiger partial charge in [-0.1, -0.05) is 116 Å². The van der Waals surface area contributed by atoms with E-state index in [9.17, 15) is 45.3 Å². The van der Waals surface area contributed by atoms with Crippen molar-refractivity contribution < 1.29 is 73.8 Å². The lowest BCUT2D eigenvalue weighted by Gasteiger charge is -2.42. The number of esters is 2. The summed E-state index contributed by atoms with van der Waals surface area (Å²) in [6.07, 6.45) is 10.1. The van der Waals surface area contributed by atoms with E-state index in [1.165, 1.54) is 44.9 Å². The second-order valence-electron chi connectivity index (χ2n) is 15.9. The van der Waals surface area contributed by atoms with Crippen LogP contribution < -0.4 is 0 Å². The molecule has 11 atom stereocenters. The van der Waals surface area contributed by atoms with E-state index in [2.05, 4.69) is 26.0 Å². The molecule has 58 heavy (non-hydrogen) atoms. The molecule has 2 heterocycles. The Morgan fingerprint density at radius 2 is 0.983 bits per heavy atom. The zero-order valence-electron chi connectivity index (χ0n) is 35.3. The first-order chi connectivity index (χ1) is 28.0. The first-order valence-corrected chi connectivity index (χ1v) is 22.3. The molecule has 0 amide bonds. The van der Waals surface area contributed by atoms with E-state index in [0.29, 0.717) is 12.8 Å². The standard InChI is InChI=1S/C43H78O15/c1-3-5-7-9-11-12-13-14-15-16-17-18-19-20-22-24-26-35(46)56-31(28-53-34(45)25-23-21-10-8-6-4-2)29-54-42-41(52)39(50)37(48)33(58-42)30-55-43-40(51)38(49)36(47)32(27-44)57-43/h15-16,31-33,36-44,47-52H,3-14,17-30H2,1-2H3/b16-15-. The molecule has 0 bridgehead atoms. The molecule has 0 radical (unpaired) electrons. The first kappa shape index (κ1) is 52.4. The van der Waals surface area contributed by atoms with Crippen molar-refractivity contribution in [2.75, 3.05) is 26.4 Å². The van der Waals surface area contributed by atoms with Crippen LogP contribution >= 0.6 is 0 Å². The van der Waals surface area contributed by atoms with Gasteiger partial charge in [0, 0.05) is 12.8 Å². The van der Waals surface area contributed by atoms with E-state index < -0.39 is 92.7 Å². The molecule has 15 nitrogen and oxygen atoms in total. The van der Waals surface area contributed by atoms with Gasteiger partial charge in [0.2, 0.25) is 0 Å². The molecule has 2 aliphatic heterocycles. The van der Waals surface area contributed by atoms with Crippen LogP contribution in [-0.2, 0) is 38.0 Å². The number of allylic oxidation sites excluding steroid dienone is 2. The van der Waals surface area contributed by atoms with Crippen molar-refractivity contribution >= 4 is 11.9 Å². The molecular weight excluding hydrogens is 756 g/mol. The number of carbonyl (C=O) groups is 2. The van der Waals surface area contributed by atoms with Crippen LogP contribution in [0.3, 0.4) is 0 Å². The normalized spacial score (nSPS) is 28.2. The van der Waals surface area contributed by atoms with E-state index in [0.717, 1.165) is 70.6 Å². The molecular formula is C43H78O15. The largest absolute Gasteiger partial charge is 0.462 e. The van der Waals surface area contributed by atoms with Crippen LogP contribution in [-0.4, -0.2) is 142 Å². The quantitative estimate of drug-likeness (QED) is 0.0278. The molecule has 0 aromatic rings. The van der Waals surface area contributed by atoms with Gasteiger partial charge in [0.1, 0.15) is 55.4 Å². The van der Waals surface area contributed by atoms with E-state index in [1.807, 2.05) is 0 Å². The van der Waals surface area contributed by atoms with Crippen molar-refractivity contribution in [1.29, 1.82) is 0 Å². The SMILES string of the molecule is CCCCCCCCC/C=C\CCCCCCCC(=O)OC(COC(=O)CCCCCCCC)COC1OC(COC2OC(CO)C(O)C(O)C2O)C(O)C(O)C1O. The van der Waals surface area contributed by atoms with E-state index in [4.69, 9.17) is 28.4 Å². The molecule has 0 aliphatic carbocycles. The maximum Gasteiger partial charge on any atom is 0.306 e. The molecule has 2 rings (SSSR count). The van der Waals surface area contributed by atoms with Crippen LogP contribution in [0.15, 0.2) is 12.2 Å². The summed E-state index contributed by atoms with van der Waals surface area (Å²) in [5.74, 6) is -0.942. The predicted molar refractivity (Wildman–Crippen MR) is 215 cm³/mol. The highest BCUT2D eigenvalue weighted by atomic mass is 16.7. The molecule has 11 unspecified atom stereocenters. The Morgan fingerprint density at radius 3 is 1.52 bits per heavy atom. The second-order valence-corrected chi connectivity index (χ2v) is 15.9. The highest BCUT2D eigenvalue weighted by molar-refractivity contribution is 5.70. The average Bonchev–Trinajstić information content (AvgIpc) is 3.21. The fraction of sp³-hybridized carbons (Fsp3) is 0.907. The Bertz CT molecular complexity index is 1080. The van der Waals surface area contributed by atoms with Crippen molar-refractivity contribution in [2.45, 2.75) is 223 Å². The van der Waals surface area contributed by atoms with Gasteiger partial charge in [-0.15, -0.1) is 0 Å². The smallest absolute Gasteiger partial charge is 0.306 e. The lowest BCUT2D eigenvalue weighted by molar-refractivity contribution is -0.332. The summed E-state index contributed by atoms with van der Waals surface area (Å²) in [4.78, 5) is 25.4. The summed E-state index contributed by atoms with van der Waals surface area (Å²) in [5.41, 5.74) is 0. The summed E-state index contributed by atoms with van der Waals surface area (Å²) in [5, 5.41) is 71.6. The molecule has 0 aromatic heterocycles. The monoisotopic (exact) mass is 835 g/mol. The van der Waals surface area contributed by atoms with Gasteiger partial charge in [0.05, 0.1) is 19.8 Å². The Hall–Kier alpha value is -1.76. The van der Waals surface area contributed by atoms with Crippen molar-refractivity contribution in [3.8, 4) is 0 Å². The summed E-state index contributed by atoms with van der Waals surface area (Å²) >= 11 is 0. The van der Waals surface area contributed by atoms with Crippen LogP contribution in [0.1, 0.15) is 155 Å². The molecule has 0 spiro atoms. The van der Waals surface area contributed by atoms with Gasteiger partial charge >= 0.3 is 11.9 Å². The maximum absolute atomic E-state index is 12.9. The molecule has 2 aliphatic rings. The third-order valence-electron chi connectivity index (χ3n) is 10.7. The number of hydrogen-bond acceptors (Lipinski definition) is 15. The second kappa shape index (κ2) is 32.0. The molecule has 0 saturated carbocycles. The van der Waals surface area contributed by atoms with Gasteiger partial charge in [-0.05, 0) is 38.5 Å². The van der Waals surface area contributed by atoms with E-state index >= 15 is 0 Å². The number of ether oxygens (including phenoxy) is 6. The van der Waals surface area contributed by atoms with E-state index in [-0.39, 0.29) is 26.1 Å². The van der Waals surface area contributed by atoms with Gasteiger partial charge in [0.15, 0.2) is 18.7 Å². The van der Waals surface area contributed by atoms with Crippen LogP contribution in [0.4, 0.5) is 0 Å². The number of rotatable bonds is 33. The maximum atomic E-state index is 12.9. The number of carbonyl (C=O) groups excluding carboxylic acids is 2. The van der Waals surface area contributed by atoms with Crippen LogP contribution in [0.5, 0.6) is 0 Å². The third kappa shape index (κ3) is 21.2. The Morgan fingerprint density at radius 1 is 0.534 bits per heavy atom. The van der Waals surface area contributed by atoms with Gasteiger partial charge in [-0.25, -0.2) is 0 Å². The Labute approximate surface area is 346 Å². The topological polar surface area (TPSA) is 231 Å². The molecule has 340 valence electrons. The first-order valence-electron chi connectivity index (χ1n) is 22.3. The Balaban J connectivity index is 1.83. The highest BCUT2D eigenvalue weighted by Crippen LogP contribution is 2.26. The minimum absolute atomic E-state index is 0.158. The minimum Gasteiger partial charge on any atom is -0.462 e. The summed E-state index contributed by atoms with van der Waals surface area (Å²) in [7, 11) is 0. The van der Waals surface area contributed by atoms with Gasteiger partial charge in [-0.3, -0.25) is 9.59 Å². The number of aliphatic hydroxyl groups excluding tert-OH is 7. The van der Waals surface area contributed by atoms with Crippen molar-refractivity contribution in [3.63, 3.8) is 0 Å². The lowest BCUT2D eigenvalue weighted by Crippen LogP contribution is -2.61. The lowest BCUT2D eigenvalue weighted by atomic mass is 9.98. The fourth-order valence-corrected chi connectivity index (χ4v) is 6.97. The zero-order chi connectivity index (χ0) is 42.5. The van der Waals surface area contributed by atoms with Crippen molar-refractivity contribution in [1.82, 2.24) is 0 Å². The van der Waals surface area contributed by atoms with Crippen LogP contribution in [0, 0.1) is 0 Å². The summed E-state index contributed by atoms with van der Waals surface area (Å²) in [6.45, 7) is 2.49. The zero-order valence-corrected chi connectivity index (χ0v) is 35.3. The summed E-state index contributed by atoms with van der Waals surface area (Å²) in [6, 6.07) is 0. The fourth-order valence-electron chi connectivity index (χ4n) is 6.97. The third-order valence-corrected chi connectivity index (χ3v) is 10.7. The molecule has 7 N–H and O–H groups in total. The Kier molecular flexibility index (Phi) is 28.9. The molecule has 2 fully saturated rings. The van der Waals surface area contributed by atoms with Gasteiger partial charge in [-0.2, -0.15) is 0 Å². The van der Waals surface area contributed by atoms with Crippen molar-refractivity contribution in [2.24, 2.45) is 0 Å². The van der Waals surface area contributed by atoms with Gasteiger partial charge in [0.25, 0.3) is 0 Å². The molecule has 0 aromatic carbocycles. The van der Waals surface area contributed by atoms with E-state index in [1.54, 1.807) is 0 Å². The van der Waals surface area contributed by atoms with Crippen molar-refractivity contribution in [3.05, 3.63) is 12.2 Å². The van der Waals surface area contributed by atoms with Gasteiger partial charge < -0.3 is 64.2 Å². The van der Waals surface area contributed by atoms with Crippen LogP contribution in [0.25, 0.3) is 0 Å². The molecule has 15 heteroatoms. The number of aliphatic hydroxyl groups is 7.